The van der Waals surface area contributed by atoms with Gasteiger partial charge in [-0.3, -0.25) is 4.79 Å². The van der Waals surface area contributed by atoms with Gasteiger partial charge in [-0.1, -0.05) is 35.3 Å². The van der Waals surface area contributed by atoms with E-state index in [9.17, 15) is 4.79 Å². The molecule has 0 aliphatic heterocycles. The third kappa shape index (κ3) is 4.15. The summed E-state index contributed by atoms with van der Waals surface area (Å²) in [5, 5.41) is 7.00. The number of hydrogen-bond donors (Lipinski definition) is 1. The normalized spacial score (nSPS) is 10.6. The second-order valence-electron chi connectivity index (χ2n) is 5.34. The number of carbonyl (C=O) groups excluding carboxylic acids is 1. The van der Waals surface area contributed by atoms with Crippen LogP contribution < -0.4 is 5.32 Å². The van der Waals surface area contributed by atoms with Crippen LogP contribution >= 0.6 is 34.5 Å². The summed E-state index contributed by atoms with van der Waals surface area (Å²) in [5.74, 6) is -0.103. The van der Waals surface area contributed by atoms with Crippen molar-refractivity contribution in [2.75, 3.05) is 5.32 Å². The van der Waals surface area contributed by atoms with Gasteiger partial charge < -0.3 is 5.32 Å². The molecule has 1 heterocycles. The van der Waals surface area contributed by atoms with E-state index in [1.165, 1.54) is 11.3 Å². The molecule has 0 fully saturated rings. The lowest BCUT2D eigenvalue weighted by molar-refractivity contribution is -0.115. The standard InChI is InChI=1S/C18H14Cl2N2OS/c1-11-8-14(20)6-7-16(11)22-17(23)9-15-10-24-18(21-15)12-2-4-13(19)5-3-12/h2-8,10H,9H2,1H3,(H,22,23). The fraction of sp³-hybridized carbons (Fsp3) is 0.111. The summed E-state index contributed by atoms with van der Waals surface area (Å²) in [7, 11) is 0. The van der Waals surface area contributed by atoms with Crippen LogP contribution in [0.4, 0.5) is 5.69 Å². The molecule has 0 aliphatic rings. The molecule has 2 aromatic carbocycles. The van der Waals surface area contributed by atoms with Crippen molar-refractivity contribution in [3.8, 4) is 10.6 Å². The summed E-state index contributed by atoms with van der Waals surface area (Å²) in [6.07, 6.45) is 0.228. The van der Waals surface area contributed by atoms with Gasteiger partial charge in [0.15, 0.2) is 0 Å². The van der Waals surface area contributed by atoms with Gasteiger partial charge in [0, 0.05) is 26.7 Å². The number of aromatic nitrogens is 1. The molecule has 3 aromatic rings. The van der Waals surface area contributed by atoms with Crippen LogP contribution in [0, 0.1) is 6.92 Å². The van der Waals surface area contributed by atoms with Crippen molar-refractivity contribution in [3.63, 3.8) is 0 Å². The van der Waals surface area contributed by atoms with Crippen LogP contribution in [0.3, 0.4) is 0 Å². The van der Waals surface area contributed by atoms with Crippen molar-refractivity contribution < 1.29 is 4.79 Å². The highest BCUT2D eigenvalue weighted by Gasteiger charge is 2.10. The monoisotopic (exact) mass is 376 g/mol. The maximum Gasteiger partial charge on any atom is 0.230 e. The van der Waals surface area contributed by atoms with Crippen molar-refractivity contribution in [1.29, 1.82) is 0 Å². The highest BCUT2D eigenvalue weighted by molar-refractivity contribution is 7.13. The number of carbonyl (C=O) groups is 1. The van der Waals surface area contributed by atoms with Crippen LogP contribution in [0.5, 0.6) is 0 Å². The van der Waals surface area contributed by atoms with Gasteiger partial charge >= 0.3 is 0 Å². The Hall–Kier alpha value is -1.88. The number of aryl methyl sites for hydroxylation is 1. The molecular formula is C18H14Cl2N2OS. The minimum Gasteiger partial charge on any atom is -0.326 e. The Labute approximate surface area is 154 Å². The number of amides is 1. The first kappa shape index (κ1) is 17.0. The molecule has 1 aromatic heterocycles. The van der Waals surface area contributed by atoms with Gasteiger partial charge in [-0.15, -0.1) is 11.3 Å². The van der Waals surface area contributed by atoms with Crippen molar-refractivity contribution in [2.24, 2.45) is 0 Å². The largest absolute Gasteiger partial charge is 0.326 e. The average Bonchev–Trinajstić information content (AvgIpc) is 2.99. The molecule has 0 spiro atoms. The van der Waals surface area contributed by atoms with E-state index in [1.807, 2.05) is 42.6 Å². The van der Waals surface area contributed by atoms with Gasteiger partial charge in [0.1, 0.15) is 5.01 Å². The fourth-order valence-corrected chi connectivity index (χ4v) is 3.42. The zero-order valence-electron chi connectivity index (χ0n) is 12.8. The van der Waals surface area contributed by atoms with Crippen molar-refractivity contribution >= 4 is 46.1 Å². The molecule has 0 saturated carbocycles. The van der Waals surface area contributed by atoms with Crippen LogP contribution in [0.1, 0.15) is 11.3 Å². The molecular weight excluding hydrogens is 363 g/mol. The van der Waals surface area contributed by atoms with Crippen LogP contribution in [-0.4, -0.2) is 10.9 Å². The summed E-state index contributed by atoms with van der Waals surface area (Å²) in [5.41, 5.74) is 3.42. The first-order chi connectivity index (χ1) is 11.5. The number of hydrogen-bond acceptors (Lipinski definition) is 3. The lowest BCUT2D eigenvalue weighted by atomic mass is 10.2. The Morgan fingerprint density at radius 3 is 2.54 bits per heavy atom. The third-order valence-corrected chi connectivity index (χ3v) is 4.87. The van der Waals surface area contributed by atoms with Crippen molar-refractivity contribution in [3.05, 3.63) is 69.1 Å². The van der Waals surface area contributed by atoms with E-state index in [-0.39, 0.29) is 12.3 Å². The Morgan fingerprint density at radius 1 is 1.12 bits per heavy atom. The number of nitrogens with one attached hydrogen (secondary N) is 1. The van der Waals surface area contributed by atoms with Crippen LogP contribution in [-0.2, 0) is 11.2 Å². The third-order valence-electron chi connectivity index (χ3n) is 3.45. The zero-order valence-corrected chi connectivity index (χ0v) is 15.2. The number of nitrogens with zero attached hydrogens (tertiary/aromatic N) is 1. The molecule has 0 radical (unpaired) electrons. The minimum absolute atomic E-state index is 0.103. The summed E-state index contributed by atoms with van der Waals surface area (Å²) in [6.45, 7) is 1.91. The van der Waals surface area contributed by atoms with Crippen LogP contribution in [0.2, 0.25) is 10.0 Å². The summed E-state index contributed by atoms with van der Waals surface area (Å²) in [6, 6.07) is 12.9. The molecule has 0 atom stereocenters. The molecule has 0 unspecified atom stereocenters. The van der Waals surface area contributed by atoms with Gasteiger partial charge in [0.25, 0.3) is 0 Å². The van der Waals surface area contributed by atoms with Gasteiger partial charge in [-0.25, -0.2) is 4.98 Å². The Morgan fingerprint density at radius 2 is 1.83 bits per heavy atom. The molecule has 24 heavy (non-hydrogen) atoms. The number of thiazole rings is 1. The quantitative estimate of drug-likeness (QED) is 0.642. The number of rotatable bonds is 4. The number of anilines is 1. The minimum atomic E-state index is -0.103. The topological polar surface area (TPSA) is 42.0 Å². The van der Waals surface area contributed by atoms with E-state index in [0.717, 1.165) is 27.5 Å². The second kappa shape index (κ2) is 7.34. The number of halogens is 2. The lowest BCUT2D eigenvalue weighted by Gasteiger charge is -2.07. The smallest absolute Gasteiger partial charge is 0.230 e. The maximum absolute atomic E-state index is 12.2. The Balaban J connectivity index is 1.68. The predicted octanol–water partition coefficient (Wildman–Crippen LogP) is 5.61. The Kier molecular flexibility index (Phi) is 5.19. The van der Waals surface area contributed by atoms with Gasteiger partial charge in [-0.2, -0.15) is 0 Å². The van der Waals surface area contributed by atoms with E-state index >= 15 is 0 Å². The number of benzene rings is 2. The zero-order chi connectivity index (χ0) is 17.1. The first-order valence-corrected chi connectivity index (χ1v) is 8.91. The van der Waals surface area contributed by atoms with Crippen molar-refractivity contribution in [1.82, 2.24) is 4.98 Å². The highest BCUT2D eigenvalue weighted by Crippen LogP contribution is 2.25. The van der Waals surface area contributed by atoms with E-state index in [1.54, 1.807) is 12.1 Å². The molecule has 1 N–H and O–H groups in total. The molecule has 6 heteroatoms. The molecule has 0 bridgehead atoms. The summed E-state index contributed by atoms with van der Waals surface area (Å²) in [4.78, 5) is 16.7. The molecule has 1 amide bonds. The van der Waals surface area contributed by atoms with Crippen molar-refractivity contribution in [2.45, 2.75) is 13.3 Å². The maximum atomic E-state index is 12.2. The highest BCUT2D eigenvalue weighted by atomic mass is 35.5. The van der Waals surface area contributed by atoms with E-state index in [2.05, 4.69) is 10.3 Å². The molecule has 0 saturated heterocycles. The van der Waals surface area contributed by atoms with Crippen LogP contribution in [0.15, 0.2) is 47.8 Å². The fourth-order valence-electron chi connectivity index (χ4n) is 2.24. The molecule has 3 nitrogen and oxygen atoms in total. The van der Waals surface area contributed by atoms with E-state index in [0.29, 0.717) is 10.0 Å². The van der Waals surface area contributed by atoms with E-state index < -0.39 is 0 Å². The lowest BCUT2D eigenvalue weighted by Crippen LogP contribution is -2.15. The first-order valence-electron chi connectivity index (χ1n) is 7.27. The molecule has 0 aliphatic carbocycles. The average molecular weight is 377 g/mol. The second-order valence-corrected chi connectivity index (χ2v) is 7.07. The van der Waals surface area contributed by atoms with Crippen LogP contribution in [0.25, 0.3) is 10.6 Å². The molecule has 3 rings (SSSR count). The van der Waals surface area contributed by atoms with E-state index in [4.69, 9.17) is 23.2 Å². The predicted molar refractivity (Wildman–Crippen MR) is 101 cm³/mol. The van der Waals surface area contributed by atoms with Gasteiger partial charge in [0.05, 0.1) is 12.1 Å². The van der Waals surface area contributed by atoms with Gasteiger partial charge in [0.2, 0.25) is 5.91 Å². The summed E-state index contributed by atoms with van der Waals surface area (Å²) >= 11 is 13.3. The molecule has 122 valence electrons. The summed E-state index contributed by atoms with van der Waals surface area (Å²) < 4.78 is 0. The van der Waals surface area contributed by atoms with Gasteiger partial charge in [-0.05, 0) is 42.8 Å². The SMILES string of the molecule is Cc1cc(Cl)ccc1NC(=O)Cc1csc(-c2ccc(Cl)cc2)n1. The Bertz CT molecular complexity index is 875.